The summed E-state index contributed by atoms with van der Waals surface area (Å²) in [6.45, 7) is 3.53. The highest BCUT2D eigenvalue weighted by Crippen LogP contribution is 2.19. The number of halogens is 2. The quantitative estimate of drug-likeness (QED) is 0.783. The molecule has 1 aromatic rings. The molecule has 98 valence electrons. The first-order valence-electron chi connectivity index (χ1n) is 5.84. The van der Waals surface area contributed by atoms with Crippen molar-refractivity contribution in [3.63, 3.8) is 0 Å². The summed E-state index contributed by atoms with van der Waals surface area (Å²) in [5.74, 6) is 0.386. The van der Waals surface area contributed by atoms with E-state index in [1.807, 2.05) is 6.92 Å². The SMILES string of the molecule is Cc1cc(Cl)ccc1C(=O)N1CCOCC1CCl. The number of aryl methyl sites for hydroxylation is 1. The van der Waals surface area contributed by atoms with Crippen molar-refractivity contribution in [3.05, 3.63) is 34.3 Å². The van der Waals surface area contributed by atoms with Crippen molar-refractivity contribution in [3.8, 4) is 0 Å². The van der Waals surface area contributed by atoms with Gasteiger partial charge in [-0.2, -0.15) is 0 Å². The zero-order valence-corrected chi connectivity index (χ0v) is 11.7. The summed E-state index contributed by atoms with van der Waals surface area (Å²) in [5.41, 5.74) is 1.56. The Labute approximate surface area is 117 Å². The molecular weight excluding hydrogens is 273 g/mol. The lowest BCUT2D eigenvalue weighted by atomic mass is 10.1. The molecule has 18 heavy (non-hydrogen) atoms. The Balaban J connectivity index is 2.24. The number of benzene rings is 1. The van der Waals surface area contributed by atoms with Gasteiger partial charge in [0.2, 0.25) is 0 Å². The summed E-state index contributed by atoms with van der Waals surface area (Å²) in [6, 6.07) is 5.24. The van der Waals surface area contributed by atoms with Crippen LogP contribution in [-0.4, -0.2) is 42.5 Å². The van der Waals surface area contributed by atoms with E-state index in [2.05, 4.69) is 0 Å². The molecule has 1 unspecified atom stereocenters. The molecule has 1 aromatic carbocycles. The van der Waals surface area contributed by atoms with E-state index < -0.39 is 0 Å². The van der Waals surface area contributed by atoms with Crippen molar-refractivity contribution in [2.24, 2.45) is 0 Å². The molecule has 0 aromatic heterocycles. The highest BCUT2D eigenvalue weighted by molar-refractivity contribution is 6.30. The van der Waals surface area contributed by atoms with E-state index in [9.17, 15) is 4.79 Å². The maximum atomic E-state index is 12.5. The molecule has 0 aliphatic carbocycles. The smallest absolute Gasteiger partial charge is 0.254 e. The summed E-state index contributed by atoms with van der Waals surface area (Å²) < 4.78 is 5.34. The summed E-state index contributed by atoms with van der Waals surface area (Å²) in [6.07, 6.45) is 0. The molecule has 5 heteroatoms. The van der Waals surface area contributed by atoms with Crippen LogP contribution in [0, 0.1) is 6.92 Å². The van der Waals surface area contributed by atoms with Crippen LogP contribution in [0.15, 0.2) is 18.2 Å². The Morgan fingerprint density at radius 1 is 1.56 bits per heavy atom. The zero-order chi connectivity index (χ0) is 13.1. The molecule has 3 nitrogen and oxygen atoms in total. The topological polar surface area (TPSA) is 29.5 Å². The van der Waals surface area contributed by atoms with Crippen LogP contribution >= 0.6 is 23.2 Å². The van der Waals surface area contributed by atoms with Gasteiger partial charge < -0.3 is 9.64 Å². The maximum absolute atomic E-state index is 12.5. The van der Waals surface area contributed by atoms with Crippen LogP contribution in [0.2, 0.25) is 5.02 Å². The first-order valence-corrected chi connectivity index (χ1v) is 6.75. The predicted molar refractivity (Wildman–Crippen MR) is 72.6 cm³/mol. The summed E-state index contributed by atoms with van der Waals surface area (Å²) >= 11 is 11.8. The molecule has 2 rings (SSSR count). The second-order valence-electron chi connectivity index (χ2n) is 4.34. The van der Waals surface area contributed by atoms with Gasteiger partial charge in [0, 0.05) is 23.0 Å². The molecule has 1 fully saturated rings. The van der Waals surface area contributed by atoms with Gasteiger partial charge in [-0.1, -0.05) is 11.6 Å². The third-order valence-corrected chi connectivity index (χ3v) is 3.68. The van der Waals surface area contributed by atoms with Crippen LogP contribution in [0.4, 0.5) is 0 Å². The van der Waals surface area contributed by atoms with Gasteiger partial charge in [-0.3, -0.25) is 4.79 Å². The summed E-state index contributed by atoms with van der Waals surface area (Å²) in [7, 11) is 0. The standard InChI is InChI=1S/C13H15Cl2NO2/c1-9-6-10(15)2-3-12(9)13(17)16-4-5-18-8-11(16)7-14/h2-3,6,11H,4-5,7-8H2,1H3. The predicted octanol–water partition coefficient (Wildman–Crippen LogP) is 2.73. The molecule has 1 atom stereocenters. The van der Waals surface area contributed by atoms with E-state index in [4.69, 9.17) is 27.9 Å². The van der Waals surface area contributed by atoms with Crippen LogP contribution in [0.1, 0.15) is 15.9 Å². The lowest BCUT2D eigenvalue weighted by Crippen LogP contribution is -2.49. The Kier molecular flexibility index (Phi) is 4.49. The molecule has 0 bridgehead atoms. The van der Waals surface area contributed by atoms with Gasteiger partial charge in [-0.25, -0.2) is 0 Å². The van der Waals surface area contributed by atoms with Crippen molar-refractivity contribution in [1.29, 1.82) is 0 Å². The highest BCUT2D eigenvalue weighted by atomic mass is 35.5. The van der Waals surface area contributed by atoms with E-state index in [0.29, 0.717) is 36.2 Å². The van der Waals surface area contributed by atoms with E-state index in [1.54, 1.807) is 23.1 Å². The minimum atomic E-state index is -0.0528. The van der Waals surface area contributed by atoms with Gasteiger partial charge in [0.25, 0.3) is 5.91 Å². The van der Waals surface area contributed by atoms with Crippen LogP contribution in [0.25, 0.3) is 0 Å². The average molecular weight is 288 g/mol. The summed E-state index contributed by atoms with van der Waals surface area (Å²) in [5, 5.41) is 0.639. The van der Waals surface area contributed by atoms with E-state index in [1.165, 1.54) is 0 Å². The zero-order valence-electron chi connectivity index (χ0n) is 10.2. The number of amides is 1. The number of carbonyl (C=O) groups excluding carboxylic acids is 1. The number of carbonyl (C=O) groups is 1. The van der Waals surface area contributed by atoms with Crippen molar-refractivity contribution in [1.82, 2.24) is 4.90 Å². The molecule has 1 aliphatic heterocycles. The normalized spacial score (nSPS) is 19.9. The minimum Gasteiger partial charge on any atom is -0.377 e. The van der Waals surface area contributed by atoms with Gasteiger partial charge in [-0.05, 0) is 30.7 Å². The number of alkyl halides is 1. The Morgan fingerprint density at radius 2 is 2.33 bits per heavy atom. The fraction of sp³-hybridized carbons (Fsp3) is 0.462. The van der Waals surface area contributed by atoms with Crippen molar-refractivity contribution in [2.75, 3.05) is 25.6 Å². The van der Waals surface area contributed by atoms with E-state index in [-0.39, 0.29) is 11.9 Å². The lowest BCUT2D eigenvalue weighted by molar-refractivity contribution is 0.00452. The largest absolute Gasteiger partial charge is 0.377 e. The molecule has 1 aliphatic rings. The van der Waals surface area contributed by atoms with Crippen LogP contribution in [-0.2, 0) is 4.74 Å². The van der Waals surface area contributed by atoms with Gasteiger partial charge >= 0.3 is 0 Å². The first kappa shape index (κ1) is 13.7. The highest BCUT2D eigenvalue weighted by Gasteiger charge is 2.28. The fourth-order valence-electron chi connectivity index (χ4n) is 2.07. The Hall–Kier alpha value is -0.770. The molecule has 0 radical (unpaired) electrons. The number of hydrogen-bond acceptors (Lipinski definition) is 2. The third kappa shape index (κ3) is 2.79. The number of nitrogens with zero attached hydrogens (tertiary/aromatic N) is 1. The van der Waals surface area contributed by atoms with E-state index in [0.717, 1.165) is 5.56 Å². The summed E-state index contributed by atoms with van der Waals surface area (Å²) in [4.78, 5) is 14.3. The first-order chi connectivity index (χ1) is 8.63. The Bertz CT molecular complexity index is 451. The number of hydrogen-bond donors (Lipinski definition) is 0. The molecule has 0 saturated carbocycles. The fourth-order valence-corrected chi connectivity index (χ4v) is 2.55. The van der Waals surface area contributed by atoms with Crippen molar-refractivity contribution in [2.45, 2.75) is 13.0 Å². The second-order valence-corrected chi connectivity index (χ2v) is 5.09. The van der Waals surface area contributed by atoms with Gasteiger partial charge in [0.15, 0.2) is 0 Å². The van der Waals surface area contributed by atoms with Gasteiger partial charge in [0.05, 0.1) is 19.3 Å². The van der Waals surface area contributed by atoms with Crippen molar-refractivity contribution < 1.29 is 9.53 Å². The van der Waals surface area contributed by atoms with Crippen LogP contribution in [0.5, 0.6) is 0 Å². The second kappa shape index (κ2) is 5.91. The molecule has 1 amide bonds. The van der Waals surface area contributed by atoms with Gasteiger partial charge in [0.1, 0.15) is 0 Å². The molecule has 0 spiro atoms. The minimum absolute atomic E-state index is 0.00174. The molecule has 1 saturated heterocycles. The average Bonchev–Trinajstić information content (AvgIpc) is 2.38. The number of ether oxygens (including phenoxy) is 1. The number of morpholine rings is 1. The van der Waals surface area contributed by atoms with Crippen LogP contribution in [0.3, 0.4) is 0 Å². The molecular formula is C13H15Cl2NO2. The van der Waals surface area contributed by atoms with Crippen molar-refractivity contribution >= 4 is 29.1 Å². The van der Waals surface area contributed by atoms with E-state index >= 15 is 0 Å². The molecule has 0 N–H and O–H groups in total. The lowest BCUT2D eigenvalue weighted by Gasteiger charge is -2.34. The Morgan fingerprint density at radius 3 is 3.00 bits per heavy atom. The number of rotatable bonds is 2. The molecule has 1 heterocycles. The monoisotopic (exact) mass is 287 g/mol. The van der Waals surface area contributed by atoms with Gasteiger partial charge in [-0.15, -0.1) is 11.6 Å². The third-order valence-electron chi connectivity index (χ3n) is 3.09. The maximum Gasteiger partial charge on any atom is 0.254 e. The van der Waals surface area contributed by atoms with Crippen LogP contribution < -0.4 is 0 Å².